The molecule has 0 aliphatic carbocycles. The second-order valence-electron chi connectivity index (χ2n) is 8.31. The van der Waals surface area contributed by atoms with Crippen LogP contribution in [-0.2, 0) is 33.6 Å². The number of aromatic nitrogens is 1. The van der Waals surface area contributed by atoms with Gasteiger partial charge in [-0.05, 0) is 18.2 Å². The van der Waals surface area contributed by atoms with Gasteiger partial charge in [0.2, 0.25) is 11.9 Å². The van der Waals surface area contributed by atoms with Gasteiger partial charge >= 0.3 is 18.2 Å². The van der Waals surface area contributed by atoms with Crippen molar-refractivity contribution in [2.75, 3.05) is 12.4 Å². The molecule has 0 spiro atoms. The summed E-state index contributed by atoms with van der Waals surface area (Å²) in [7, 11) is 1.32. The standard InChI is InChI=1S/C25H20F5N3O4.ClH/c1-14(34)37-13-32-8-4-3-5-20(32)18-11-17(12-19(26)23(18)27)31-24(35)33-21-10-16(25(28,29)30)7-6-15(21)9-22(33)36-2;/h3-8,10-12,22H,9,13H2,1-2H3;1H/p+1. The zero-order chi connectivity index (χ0) is 26.9. The number of nitrogens with one attached hydrogen (secondary N) is 2. The highest BCUT2D eigenvalue weighted by atomic mass is 35.5. The minimum absolute atomic E-state index is 0. The molecule has 0 saturated heterocycles. The minimum Gasteiger partial charge on any atom is -1.00 e. The maximum absolute atomic E-state index is 14.8. The molecule has 2 N–H and O–H groups in total. The zero-order valence-corrected chi connectivity index (χ0v) is 20.8. The number of carbonyl (C=O) groups is 2. The van der Waals surface area contributed by atoms with Crippen LogP contribution in [0.4, 0.5) is 38.1 Å². The van der Waals surface area contributed by atoms with E-state index in [-0.39, 0.29) is 53.1 Å². The number of urea groups is 1. The van der Waals surface area contributed by atoms with Crippen molar-refractivity contribution in [2.45, 2.75) is 32.5 Å². The quantitative estimate of drug-likeness (QED) is 0.275. The molecule has 2 amide bonds. The summed E-state index contributed by atoms with van der Waals surface area (Å²) in [5, 5.41) is 2.46. The third kappa shape index (κ3) is 5.93. The second kappa shape index (κ2) is 11.4. The summed E-state index contributed by atoms with van der Waals surface area (Å²) in [5.74, 6) is -3.05. The molecule has 1 aliphatic heterocycles. The number of halogens is 6. The van der Waals surface area contributed by atoms with Gasteiger partial charge in [-0.25, -0.2) is 13.6 Å². The first-order valence-electron chi connectivity index (χ1n) is 11.0. The topological polar surface area (TPSA) is 73.0 Å². The number of hydrogen-bond donors (Lipinski definition) is 2. The number of rotatable bonds is 5. The smallest absolute Gasteiger partial charge is 0.426 e. The van der Waals surface area contributed by atoms with Crippen LogP contribution in [0.1, 0.15) is 18.1 Å². The molecule has 13 heteroatoms. The van der Waals surface area contributed by atoms with Crippen molar-refractivity contribution in [2.24, 2.45) is 0 Å². The first-order valence-corrected chi connectivity index (χ1v) is 11.0. The lowest BCUT2D eigenvalue weighted by Crippen LogP contribution is -3.13. The number of fused-ring (bicyclic) bond motifs is 1. The van der Waals surface area contributed by atoms with Crippen molar-refractivity contribution < 1.29 is 62.9 Å². The van der Waals surface area contributed by atoms with Crippen LogP contribution in [-0.4, -0.2) is 25.3 Å². The Morgan fingerprint density at radius 2 is 1.87 bits per heavy atom. The number of benzene rings is 2. The molecule has 38 heavy (non-hydrogen) atoms. The molecule has 1 aromatic heterocycles. The lowest BCUT2D eigenvalue weighted by Gasteiger charge is -2.19. The lowest BCUT2D eigenvalue weighted by molar-refractivity contribution is -0.794. The lowest BCUT2D eigenvalue weighted by atomic mass is 10.1. The Morgan fingerprint density at radius 1 is 1.13 bits per heavy atom. The van der Waals surface area contributed by atoms with E-state index in [1.807, 2.05) is 0 Å². The second-order valence-corrected chi connectivity index (χ2v) is 8.31. The molecule has 202 valence electrons. The molecular weight excluding hydrogens is 537 g/mol. The molecule has 0 radical (unpaired) electrons. The summed E-state index contributed by atoms with van der Waals surface area (Å²) < 4.78 is 80.9. The summed E-state index contributed by atoms with van der Waals surface area (Å²) in [6, 6.07) is 8.85. The van der Waals surface area contributed by atoms with Crippen molar-refractivity contribution in [1.82, 2.24) is 0 Å². The highest BCUT2D eigenvalue weighted by Gasteiger charge is 2.43. The van der Waals surface area contributed by atoms with Crippen molar-refractivity contribution in [3.63, 3.8) is 0 Å². The van der Waals surface area contributed by atoms with Crippen LogP contribution >= 0.6 is 0 Å². The van der Waals surface area contributed by atoms with Crippen LogP contribution in [0, 0.1) is 11.6 Å². The first-order chi connectivity index (χ1) is 17.5. The number of methoxy groups -OCH3 is 1. The fourth-order valence-electron chi connectivity index (χ4n) is 4.17. The Kier molecular flexibility index (Phi) is 8.70. The number of carbonyl (C=O) groups excluding carboxylic acids is 2. The van der Waals surface area contributed by atoms with E-state index < -0.39 is 41.6 Å². The number of hydrogen-bond acceptors (Lipinski definition) is 4. The summed E-state index contributed by atoms with van der Waals surface area (Å²) >= 11 is 0. The van der Waals surface area contributed by atoms with Gasteiger partial charge in [-0.2, -0.15) is 22.6 Å². The van der Waals surface area contributed by atoms with Gasteiger partial charge in [0, 0.05) is 43.9 Å². The van der Waals surface area contributed by atoms with Gasteiger partial charge in [0.1, 0.15) is 5.69 Å². The molecule has 2 unspecified atom stereocenters. The molecule has 4 rings (SSSR count). The average molecular weight is 559 g/mol. The fraction of sp³-hybridized carbons (Fsp3) is 0.240. The van der Waals surface area contributed by atoms with Crippen molar-refractivity contribution in [1.29, 1.82) is 0 Å². The van der Waals surface area contributed by atoms with Gasteiger partial charge in [-0.15, -0.1) is 0 Å². The van der Waals surface area contributed by atoms with Crippen LogP contribution in [0.2, 0.25) is 0 Å². The predicted octanol–water partition coefficient (Wildman–Crippen LogP) is 0.740. The Bertz CT molecular complexity index is 1370. The number of ether oxygens (including phenoxy) is 2. The van der Waals surface area contributed by atoms with E-state index in [1.54, 1.807) is 12.1 Å². The van der Waals surface area contributed by atoms with Crippen LogP contribution in [0.25, 0.3) is 11.3 Å². The maximum Gasteiger partial charge on any atom is 0.426 e. The molecule has 1 aliphatic rings. The number of amides is 2. The van der Waals surface area contributed by atoms with Gasteiger partial charge < -0.3 is 21.9 Å². The van der Waals surface area contributed by atoms with Gasteiger partial charge in [0.15, 0.2) is 17.8 Å². The van der Waals surface area contributed by atoms with E-state index in [2.05, 4.69) is 5.32 Å². The molecule has 2 aromatic carbocycles. The van der Waals surface area contributed by atoms with Crippen molar-refractivity contribution in [3.8, 4) is 11.3 Å². The fourth-order valence-corrected chi connectivity index (χ4v) is 4.17. The first kappa shape index (κ1) is 29.0. The summed E-state index contributed by atoms with van der Waals surface area (Å²) in [6.07, 6.45) is -3.78. The molecule has 0 fully saturated rings. The van der Waals surface area contributed by atoms with E-state index in [1.165, 1.54) is 43.0 Å². The SMILES string of the molecule is COC1Cc2ccc(C(F)(F)F)cc2[NH+]1C(=O)Nc1cc(F)c(F)c(-c2cccc[n+]2COC(C)=O)c1.[Cl-]. The summed E-state index contributed by atoms with van der Waals surface area (Å²) in [5.41, 5.74) is -0.576. The van der Waals surface area contributed by atoms with Gasteiger partial charge in [0.25, 0.3) is 6.73 Å². The van der Waals surface area contributed by atoms with Gasteiger partial charge in [-0.3, -0.25) is 10.1 Å². The number of quaternary nitrogens is 1. The normalized spacial score (nSPS) is 16.4. The number of pyridine rings is 1. The van der Waals surface area contributed by atoms with E-state index in [9.17, 15) is 31.5 Å². The molecule has 7 nitrogen and oxygen atoms in total. The molecule has 3 aromatic rings. The van der Waals surface area contributed by atoms with E-state index >= 15 is 0 Å². The predicted molar refractivity (Wildman–Crippen MR) is 119 cm³/mol. The van der Waals surface area contributed by atoms with E-state index in [4.69, 9.17) is 9.47 Å². The average Bonchev–Trinajstić information content (AvgIpc) is 3.22. The number of nitrogens with zero attached hydrogens (tertiary/aromatic N) is 1. The van der Waals surface area contributed by atoms with E-state index in [0.29, 0.717) is 5.56 Å². The number of alkyl halides is 3. The minimum atomic E-state index is -4.62. The molecule has 2 heterocycles. The largest absolute Gasteiger partial charge is 1.00 e. The van der Waals surface area contributed by atoms with Crippen LogP contribution in [0.5, 0.6) is 0 Å². The molecule has 0 bridgehead atoms. The highest BCUT2D eigenvalue weighted by molar-refractivity contribution is 5.86. The Hall–Kier alpha value is -3.61. The monoisotopic (exact) mass is 558 g/mol. The number of esters is 1. The van der Waals surface area contributed by atoms with Crippen LogP contribution in [0.3, 0.4) is 0 Å². The van der Waals surface area contributed by atoms with Gasteiger partial charge in [0.05, 0.1) is 23.2 Å². The Balaban J connectivity index is 0.00000400. The van der Waals surface area contributed by atoms with E-state index in [0.717, 1.165) is 18.2 Å². The zero-order valence-electron chi connectivity index (χ0n) is 20.0. The maximum atomic E-state index is 14.8. The molecular formula is C25H22ClF5N3O4+. The van der Waals surface area contributed by atoms with Crippen molar-refractivity contribution in [3.05, 3.63) is 77.5 Å². The van der Waals surface area contributed by atoms with Crippen LogP contribution in [0.15, 0.2) is 54.7 Å². The third-order valence-corrected chi connectivity index (χ3v) is 5.89. The Morgan fingerprint density at radius 3 is 2.53 bits per heavy atom. The Labute approximate surface area is 220 Å². The van der Waals surface area contributed by atoms with Crippen molar-refractivity contribution >= 4 is 23.4 Å². The third-order valence-electron chi connectivity index (χ3n) is 5.89. The van der Waals surface area contributed by atoms with Gasteiger partial charge in [-0.1, -0.05) is 6.07 Å². The molecule has 2 atom stereocenters. The summed E-state index contributed by atoms with van der Waals surface area (Å²) in [6.45, 7) is 0.929. The molecule has 0 saturated carbocycles. The summed E-state index contributed by atoms with van der Waals surface area (Å²) in [4.78, 5) is 24.4. The number of anilines is 1. The van der Waals surface area contributed by atoms with Crippen LogP contribution < -0.4 is 27.2 Å². The highest BCUT2D eigenvalue weighted by Crippen LogP contribution is 2.33.